The van der Waals surface area contributed by atoms with Crippen molar-refractivity contribution < 1.29 is 4.74 Å². The van der Waals surface area contributed by atoms with Crippen molar-refractivity contribution in [2.75, 3.05) is 19.5 Å². The summed E-state index contributed by atoms with van der Waals surface area (Å²) in [6, 6.07) is 4.00. The molecule has 0 aliphatic heterocycles. The maximum Gasteiger partial charge on any atom is 0.217 e. The van der Waals surface area contributed by atoms with Crippen LogP contribution < -0.4 is 10.1 Å². The van der Waals surface area contributed by atoms with Crippen molar-refractivity contribution in [1.82, 2.24) is 10.3 Å². The van der Waals surface area contributed by atoms with E-state index in [1.165, 1.54) is 25.7 Å². The number of nitrogens with one attached hydrogen (secondary N) is 1. The Morgan fingerprint density at radius 3 is 2.89 bits per heavy atom. The van der Waals surface area contributed by atoms with Crippen molar-refractivity contribution in [1.29, 1.82) is 0 Å². The van der Waals surface area contributed by atoms with E-state index in [0.29, 0.717) is 17.7 Å². The molecule has 1 heterocycles. The van der Waals surface area contributed by atoms with Crippen molar-refractivity contribution in [2.24, 2.45) is 11.8 Å². The molecule has 1 N–H and O–H groups in total. The summed E-state index contributed by atoms with van der Waals surface area (Å²) in [5, 5.41) is 3.53. The second kappa shape index (κ2) is 7.71. The van der Waals surface area contributed by atoms with Gasteiger partial charge in [-0.05, 0) is 37.3 Å². The summed E-state index contributed by atoms with van der Waals surface area (Å²) >= 11 is 6.06. The van der Waals surface area contributed by atoms with Crippen molar-refractivity contribution in [2.45, 2.75) is 32.2 Å². The third kappa shape index (κ3) is 4.08. The Morgan fingerprint density at radius 2 is 2.16 bits per heavy atom. The average Bonchev–Trinajstić information content (AvgIpc) is 2.48. The Bertz CT molecular complexity index is 386. The molecule has 4 heteroatoms. The van der Waals surface area contributed by atoms with E-state index in [0.717, 1.165) is 24.5 Å². The lowest BCUT2D eigenvalue weighted by Gasteiger charge is -2.30. The standard InChI is InChI=1S/C15H23ClN2O/c1-19-15-14(7-4-8-18-15)11-17-10-13-6-3-2-5-12(13)9-16/h4,7-8,12-13,17H,2-3,5-6,9-11H2,1H3. The molecule has 1 aliphatic rings. The summed E-state index contributed by atoms with van der Waals surface area (Å²) in [7, 11) is 1.66. The van der Waals surface area contributed by atoms with Crippen LogP contribution in [0.2, 0.25) is 0 Å². The maximum atomic E-state index is 6.06. The highest BCUT2D eigenvalue weighted by atomic mass is 35.5. The Kier molecular flexibility index (Phi) is 5.93. The molecule has 2 atom stereocenters. The van der Waals surface area contributed by atoms with Crippen LogP contribution in [-0.2, 0) is 6.54 Å². The van der Waals surface area contributed by atoms with Gasteiger partial charge in [0.05, 0.1) is 7.11 Å². The van der Waals surface area contributed by atoms with Crippen molar-refractivity contribution in [3.8, 4) is 5.88 Å². The topological polar surface area (TPSA) is 34.1 Å². The summed E-state index contributed by atoms with van der Waals surface area (Å²) in [6.45, 7) is 1.85. The van der Waals surface area contributed by atoms with Crippen molar-refractivity contribution >= 4 is 11.6 Å². The fraction of sp³-hybridized carbons (Fsp3) is 0.667. The van der Waals surface area contributed by atoms with Crippen LogP contribution in [0.1, 0.15) is 31.2 Å². The minimum Gasteiger partial charge on any atom is -0.481 e. The molecule has 1 aliphatic carbocycles. The van der Waals surface area contributed by atoms with Gasteiger partial charge in [-0.25, -0.2) is 4.98 Å². The highest BCUT2D eigenvalue weighted by Crippen LogP contribution is 2.30. The lowest BCUT2D eigenvalue weighted by atomic mass is 9.80. The normalized spacial score (nSPS) is 23.3. The number of ether oxygens (including phenoxy) is 1. The monoisotopic (exact) mass is 282 g/mol. The largest absolute Gasteiger partial charge is 0.481 e. The van der Waals surface area contributed by atoms with Crippen LogP contribution in [0.3, 0.4) is 0 Å². The first-order valence-corrected chi connectivity index (χ1v) is 7.63. The van der Waals surface area contributed by atoms with Gasteiger partial charge in [0, 0.05) is 24.2 Å². The number of nitrogens with zero attached hydrogens (tertiary/aromatic N) is 1. The third-order valence-corrected chi connectivity index (χ3v) is 4.43. The zero-order valence-corrected chi connectivity index (χ0v) is 12.3. The summed E-state index contributed by atoms with van der Waals surface area (Å²) in [6.07, 6.45) is 7.02. The van der Waals surface area contributed by atoms with Gasteiger partial charge in [0.25, 0.3) is 0 Å². The minimum absolute atomic E-state index is 0.679. The van der Waals surface area contributed by atoms with Crippen molar-refractivity contribution in [3.05, 3.63) is 23.9 Å². The number of halogens is 1. The Hall–Kier alpha value is -0.800. The molecule has 1 saturated carbocycles. The van der Waals surface area contributed by atoms with Crippen LogP contribution in [0.15, 0.2) is 18.3 Å². The first-order valence-electron chi connectivity index (χ1n) is 7.09. The number of alkyl halides is 1. The Labute approximate surface area is 120 Å². The van der Waals surface area contributed by atoms with Crippen LogP contribution in [0.4, 0.5) is 0 Å². The fourth-order valence-corrected chi connectivity index (χ4v) is 3.30. The second-order valence-corrected chi connectivity index (χ2v) is 5.57. The van der Waals surface area contributed by atoms with Crippen LogP contribution >= 0.6 is 11.6 Å². The van der Waals surface area contributed by atoms with Gasteiger partial charge in [-0.15, -0.1) is 11.6 Å². The van der Waals surface area contributed by atoms with E-state index in [-0.39, 0.29) is 0 Å². The second-order valence-electron chi connectivity index (χ2n) is 5.26. The minimum atomic E-state index is 0.679. The van der Waals surface area contributed by atoms with Gasteiger partial charge < -0.3 is 10.1 Å². The van der Waals surface area contributed by atoms with E-state index in [1.54, 1.807) is 13.3 Å². The molecule has 2 rings (SSSR count). The van der Waals surface area contributed by atoms with Crippen LogP contribution in [0, 0.1) is 11.8 Å². The van der Waals surface area contributed by atoms with Gasteiger partial charge in [0.2, 0.25) is 5.88 Å². The summed E-state index contributed by atoms with van der Waals surface area (Å²) in [4.78, 5) is 4.21. The number of hydrogen-bond donors (Lipinski definition) is 1. The van der Waals surface area contributed by atoms with Gasteiger partial charge in [-0.1, -0.05) is 18.9 Å². The van der Waals surface area contributed by atoms with Gasteiger partial charge in [-0.3, -0.25) is 0 Å². The molecule has 3 nitrogen and oxygen atoms in total. The summed E-state index contributed by atoms with van der Waals surface area (Å²) < 4.78 is 5.26. The SMILES string of the molecule is COc1ncccc1CNCC1CCCCC1CCl. The highest BCUT2D eigenvalue weighted by molar-refractivity contribution is 6.18. The molecule has 1 aromatic rings. The number of aromatic nitrogens is 1. The molecule has 2 unspecified atom stereocenters. The molecular formula is C15H23ClN2O. The molecule has 19 heavy (non-hydrogen) atoms. The first-order chi connectivity index (χ1) is 9.35. The Morgan fingerprint density at radius 1 is 1.37 bits per heavy atom. The molecule has 1 aromatic heterocycles. The van der Waals surface area contributed by atoms with E-state index < -0.39 is 0 Å². The molecule has 0 radical (unpaired) electrons. The van der Waals surface area contributed by atoms with E-state index in [4.69, 9.17) is 16.3 Å². The van der Waals surface area contributed by atoms with E-state index in [1.807, 2.05) is 6.07 Å². The smallest absolute Gasteiger partial charge is 0.217 e. The molecule has 1 fully saturated rings. The zero-order chi connectivity index (χ0) is 13.5. The molecule has 106 valence electrons. The summed E-state index contributed by atoms with van der Waals surface area (Å²) in [5.74, 6) is 2.91. The van der Waals surface area contributed by atoms with Crippen molar-refractivity contribution in [3.63, 3.8) is 0 Å². The van der Waals surface area contributed by atoms with Gasteiger partial charge in [0.15, 0.2) is 0 Å². The lowest BCUT2D eigenvalue weighted by molar-refractivity contribution is 0.250. The molecule has 0 bridgehead atoms. The van der Waals surface area contributed by atoms with E-state index in [2.05, 4.69) is 16.4 Å². The molecule has 0 saturated heterocycles. The molecule has 0 amide bonds. The lowest BCUT2D eigenvalue weighted by Crippen LogP contribution is -2.31. The van der Waals surface area contributed by atoms with Crippen LogP contribution in [0.5, 0.6) is 5.88 Å². The van der Waals surface area contributed by atoms with Crippen LogP contribution in [-0.4, -0.2) is 24.5 Å². The predicted octanol–water partition coefficient (Wildman–Crippen LogP) is 3.23. The number of rotatable bonds is 6. The fourth-order valence-electron chi connectivity index (χ4n) is 2.89. The van der Waals surface area contributed by atoms with E-state index >= 15 is 0 Å². The predicted molar refractivity (Wildman–Crippen MR) is 78.7 cm³/mol. The van der Waals surface area contributed by atoms with Gasteiger partial charge in [-0.2, -0.15) is 0 Å². The van der Waals surface area contributed by atoms with Gasteiger partial charge in [0.1, 0.15) is 0 Å². The summed E-state index contributed by atoms with van der Waals surface area (Å²) in [5.41, 5.74) is 1.11. The quantitative estimate of drug-likeness (QED) is 0.814. The van der Waals surface area contributed by atoms with Gasteiger partial charge >= 0.3 is 0 Å². The molecular weight excluding hydrogens is 260 g/mol. The molecule has 0 aromatic carbocycles. The average molecular weight is 283 g/mol. The highest BCUT2D eigenvalue weighted by Gasteiger charge is 2.23. The zero-order valence-electron chi connectivity index (χ0n) is 11.6. The molecule has 0 spiro atoms. The van der Waals surface area contributed by atoms with Crippen LogP contribution in [0.25, 0.3) is 0 Å². The number of methoxy groups -OCH3 is 1. The number of hydrogen-bond acceptors (Lipinski definition) is 3. The third-order valence-electron chi connectivity index (χ3n) is 4.03. The first kappa shape index (κ1) is 14.6. The van der Waals surface area contributed by atoms with E-state index in [9.17, 15) is 0 Å². The number of pyridine rings is 1. The Balaban J connectivity index is 1.82. The maximum absolute atomic E-state index is 6.06.